The average molecular weight is 680 g/mol. The summed E-state index contributed by atoms with van der Waals surface area (Å²) in [6, 6.07) is 25.2. The number of rotatable bonds is 5. The van der Waals surface area contributed by atoms with Crippen LogP contribution in [0.5, 0.6) is 0 Å². The smallest absolute Gasteiger partial charge is 0.342 e. The maximum absolute atomic E-state index is 13.6. The van der Waals surface area contributed by atoms with Crippen LogP contribution in [0.15, 0.2) is 116 Å². The molecular formula is C31H19Br2F3N4O. The zero-order valence-corrected chi connectivity index (χ0v) is 24.3. The Morgan fingerprint density at radius 3 is 2.41 bits per heavy atom. The lowest BCUT2D eigenvalue weighted by atomic mass is 10.1. The van der Waals surface area contributed by atoms with Gasteiger partial charge in [-0.2, -0.15) is 22.9 Å². The molecule has 6 aromatic rings. The highest BCUT2D eigenvalue weighted by Gasteiger charge is 2.31. The molecule has 0 bridgehead atoms. The van der Waals surface area contributed by atoms with Crippen molar-refractivity contribution in [1.29, 1.82) is 0 Å². The molecule has 0 amide bonds. The number of alkyl halides is 3. The Bertz CT molecular complexity index is 2030. The fraction of sp³-hybridized carbons (Fsp3) is 0.0645. The summed E-state index contributed by atoms with van der Waals surface area (Å²) in [7, 11) is 0. The van der Waals surface area contributed by atoms with Crippen molar-refractivity contribution in [3.05, 3.63) is 133 Å². The first-order chi connectivity index (χ1) is 19.7. The number of hydrogen-bond acceptors (Lipinski definition) is 3. The standard InChI is InChI=1S/C31H19Br2F3N4O/c32-23-13-12-20(26(33)15-23)17-39-18-21(24-8-2-4-11-28(24)39)16-37-40-29(19-6-5-7-22(14-19)31(34,35)36)38-27-10-3-1-9-25(27)30(40)41/h1-16,18H,17H2. The molecule has 204 valence electrons. The summed E-state index contributed by atoms with van der Waals surface area (Å²) < 4.78 is 45.6. The Morgan fingerprint density at radius 2 is 1.63 bits per heavy atom. The molecule has 0 fully saturated rings. The number of fused-ring (bicyclic) bond motifs is 2. The van der Waals surface area contributed by atoms with Crippen LogP contribution in [-0.4, -0.2) is 20.4 Å². The molecule has 0 N–H and O–H groups in total. The van der Waals surface area contributed by atoms with Crippen molar-refractivity contribution in [2.45, 2.75) is 12.7 Å². The van der Waals surface area contributed by atoms with Gasteiger partial charge in [-0.25, -0.2) is 4.98 Å². The first kappa shape index (κ1) is 27.2. The fourth-order valence-corrected chi connectivity index (χ4v) is 5.89. The van der Waals surface area contributed by atoms with Gasteiger partial charge in [0.1, 0.15) is 0 Å². The largest absolute Gasteiger partial charge is 0.416 e. The van der Waals surface area contributed by atoms with E-state index >= 15 is 0 Å². The molecule has 0 spiro atoms. The Labute approximate surface area is 248 Å². The maximum Gasteiger partial charge on any atom is 0.416 e. The number of para-hydroxylation sites is 2. The van der Waals surface area contributed by atoms with E-state index in [1.807, 2.05) is 48.7 Å². The molecular weight excluding hydrogens is 661 g/mol. The zero-order chi connectivity index (χ0) is 28.7. The van der Waals surface area contributed by atoms with Crippen LogP contribution in [0.3, 0.4) is 0 Å². The van der Waals surface area contributed by atoms with E-state index in [1.54, 1.807) is 30.5 Å². The fourth-order valence-electron chi connectivity index (χ4n) is 4.71. The molecule has 2 aromatic heterocycles. The van der Waals surface area contributed by atoms with Crippen LogP contribution in [-0.2, 0) is 12.7 Å². The van der Waals surface area contributed by atoms with Gasteiger partial charge >= 0.3 is 6.18 Å². The zero-order valence-electron chi connectivity index (χ0n) is 21.1. The molecule has 4 aromatic carbocycles. The lowest BCUT2D eigenvalue weighted by Crippen LogP contribution is -2.20. The number of nitrogens with zero attached hydrogens (tertiary/aromatic N) is 4. The highest BCUT2D eigenvalue weighted by atomic mass is 79.9. The van der Waals surface area contributed by atoms with Crippen molar-refractivity contribution in [2.75, 3.05) is 0 Å². The minimum atomic E-state index is -4.55. The van der Waals surface area contributed by atoms with Crippen LogP contribution in [0.2, 0.25) is 0 Å². The minimum absolute atomic E-state index is 0.0126. The van der Waals surface area contributed by atoms with E-state index in [1.165, 1.54) is 12.1 Å². The SMILES string of the molecule is O=c1c2ccccc2nc(-c2cccc(C(F)(F)F)c2)n1N=Cc1cn(Cc2ccc(Br)cc2Br)c2ccccc12. The van der Waals surface area contributed by atoms with E-state index in [2.05, 4.69) is 46.5 Å². The third-order valence-corrected chi connectivity index (χ3v) is 7.92. The molecule has 6 rings (SSSR count). The van der Waals surface area contributed by atoms with Crippen molar-refractivity contribution < 1.29 is 13.2 Å². The van der Waals surface area contributed by atoms with Crippen molar-refractivity contribution in [2.24, 2.45) is 5.10 Å². The van der Waals surface area contributed by atoms with Crippen LogP contribution < -0.4 is 5.56 Å². The number of aromatic nitrogens is 3. The topological polar surface area (TPSA) is 52.2 Å². The van der Waals surface area contributed by atoms with Crippen LogP contribution in [0.25, 0.3) is 33.2 Å². The summed E-state index contributed by atoms with van der Waals surface area (Å²) in [6.07, 6.45) is -1.07. The van der Waals surface area contributed by atoms with E-state index in [0.29, 0.717) is 17.4 Å². The Morgan fingerprint density at radius 1 is 0.878 bits per heavy atom. The predicted molar refractivity (Wildman–Crippen MR) is 162 cm³/mol. The van der Waals surface area contributed by atoms with E-state index in [4.69, 9.17) is 0 Å². The minimum Gasteiger partial charge on any atom is -0.342 e. The van der Waals surface area contributed by atoms with Crippen LogP contribution >= 0.6 is 31.9 Å². The molecule has 0 atom stereocenters. The van der Waals surface area contributed by atoms with E-state index < -0.39 is 17.3 Å². The lowest BCUT2D eigenvalue weighted by molar-refractivity contribution is -0.137. The molecule has 10 heteroatoms. The van der Waals surface area contributed by atoms with Crippen LogP contribution in [0, 0.1) is 0 Å². The summed E-state index contributed by atoms with van der Waals surface area (Å²) >= 11 is 7.11. The van der Waals surface area contributed by atoms with Gasteiger partial charge in [-0.15, -0.1) is 0 Å². The predicted octanol–water partition coefficient (Wildman–Crippen LogP) is 8.49. The average Bonchev–Trinajstić information content (AvgIpc) is 3.31. The highest BCUT2D eigenvalue weighted by Crippen LogP contribution is 2.32. The van der Waals surface area contributed by atoms with E-state index in [9.17, 15) is 18.0 Å². The van der Waals surface area contributed by atoms with Gasteiger partial charge in [0.2, 0.25) is 0 Å². The Hall–Kier alpha value is -4.02. The second-order valence-corrected chi connectivity index (χ2v) is 11.1. The number of halogens is 5. The molecule has 2 heterocycles. The number of hydrogen-bond donors (Lipinski definition) is 0. The van der Waals surface area contributed by atoms with Gasteiger partial charge < -0.3 is 4.57 Å². The molecule has 0 unspecified atom stereocenters. The third kappa shape index (κ3) is 5.37. The summed E-state index contributed by atoms with van der Waals surface area (Å²) in [5.41, 5.74) is 1.95. The van der Waals surface area contributed by atoms with E-state index in [0.717, 1.165) is 47.8 Å². The molecule has 41 heavy (non-hydrogen) atoms. The first-order valence-corrected chi connectivity index (χ1v) is 14.0. The van der Waals surface area contributed by atoms with Crippen molar-refractivity contribution in [3.63, 3.8) is 0 Å². The second-order valence-electron chi connectivity index (χ2n) is 9.36. The second kappa shape index (κ2) is 10.8. The van der Waals surface area contributed by atoms with Gasteiger partial charge in [-0.05, 0) is 48.0 Å². The molecule has 0 saturated carbocycles. The Balaban J connectivity index is 1.49. The summed E-state index contributed by atoms with van der Waals surface area (Å²) in [5.74, 6) is 0.0126. The van der Waals surface area contributed by atoms with Gasteiger partial charge in [0.05, 0.1) is 22.7 Å². The normalized spacial score (nSPS) is 12.1. The van der Waals surface area contributed by atoms with Gasteiger partial charge in [0.25, 0.3) is 5.56 Å². The van der Waals surface area contributed by atoms with Crippen molar-refractivity contribution in [1.82, 2.24) is 14.2 Å². The molecule has 0 radical (unpaired) electrons. The lowest BCUT2D eigenvalue weighted by Gasteiger charge is -2.12. The monoisotopic (exact) mass is 678 g/mol. The van der Waals surface area contributed by atoms with E-state index in [-0.39, 0.29) is 11.4 Å². The summed E-state index contributed by atoms with van der Waals surface area (Å²) in [4.78, 5) is 18.1. The van der Waals surface area contributed by atoms with Gasteiger partial charge in [-0.1, -0.05) is 80.4 Å². The van der Waals surface area contributed by atoms with Crippen molar-refractivity contribution in [3.8, 4) is 11.4 Å². The molecule has 0 aliphatic rings. The van der Waals surface area contributed by atoms with Gasteiger partial charge in [0.15, 0.2) is 5.82 Å². The van der Waals surface area contributed by atoms with Crippen LogP contribution in [0.4, 0.5) is 13.2 Å². The summed E-state index contributed by atoms with van der Waals surface area (Å²) in [6.45, 7) is 0.579. The quantitative estimate of drug-likeness (QED) is 0.172. The molecule has 0 aliphatic heterocycles. The number of benzene rings is 4. The molecule has 0 aliphatic carbocycles. The molecule has 5 nitrogen and oxygen atoms in total. The highest BCUT2D eigenvalue weighted by molar-refractivity contribution is 9.11. The maximum atomic E-state index is 13.6. The van der Waals surface area contributed by atoms with Gasteiger partial charge in [0, 0.05) is 43.7 Å². The third-order valence-electron chi connectivity index (χ3n) is 6.69. The molecule has 0 saturated heterocycles. The van der Waals surface area contributed by atoms with Crippen molar-refractivity contribution >= 4 is 59.9 Å². The van der Waals surface area contributed by atoms with Crippen LogP contribution in [0.1, 0.15) is 16.7 Å². The Kier molecular flexibility index (Phi) is 7.13. The first-order valence-electron chi connectivity index (χ1n) is 12.4. The van der Waals surface area contributed by atoms with Gasteiger partial charge in [-0.3, -0.25) is 4.79 Å². The summed E-state index contributed by atoms with van der Waals surface area (Å²) in [5, 5.41) is 5.72.